The predicted octanol–water partition coefficient (Wildman–Crippen LogP) is 2.37. The first-order chi connectivity index (χ1) is 8.56. The molecule has 0 saturated carbocycles. The smallest absolute Gasteiger partial charge is 0.371 e. The second-order valence-corrected chi connectivity index (χ2v) is 5.04. The minimum Gasteiger partial charge on any atom is -0.475 e. The highest BCUT2D eigenvalue weighted by molar-refractivity contribution is 7.09. The lowest BCUT2D eigenvalue weighted by Gasteiger charge is -2.13. The maximum absolute atomic E-state index is 10.7. The lowest BCUT2D eigenvalue weighted by Crippen LogP contribution is -2.16. The highest BCUT2D eigenvalue weighted by Crippen LogP contribution is 2.16. The molecule has 0 spiro atoms. The van der Waals surface area contributed by atoms with Crippen molar-refractivity contribution in [1.82, 2.24) is 9.88 Å². The van der Waals surface area contributed by atoms with E-state index in [1.807, 2.05) is 19.5 Å². The van der Waals surface area contributed by atoms with Crippen molar-refractivity contribution in [2.24, 2.45) is 0 Å². The molecular weight excluding hydrogens is 252 g/mol. The van der Waals surface area contributed by atoms with E-state index in [1.54, 1.807) is 17.4 Å². The van der Waals surface area contributed by atoms with Gasteiger partial charge in [-0.1, -0.05) is 0 Å². The van der Waals surface area contributed by atoms with Crippen LogP contribution in [0.3, 0.4) is 0 Å². The van der Waals surface area contributed by atoms with Crippen molar-refractivity contribution in [2.45, 2.75) is 20.0 Å². The summed E-state index contributed by atoms with van der Waals surface area (Å²) in [5.74, 6) is -0.411. The molecule has 96 valence electrons. The number of hydrogen-bond acceptors (Lipinski definition) is 5. The first kappa shape index (κ1) is 12.8. The molecule has 0 aromatic carbocycles. The van der Waals surface area contributed by atoms with Gasteiger partial charge in [-0.3, -0.25) is 4.90 Å². The van der Waals surface area contributed by atoms with Crippen molar-refractivity contribution >= 4 is 17.3 Å². The van der Waals surface area contributed by atoms with Crippen LogP contribution in [0.5, 0.6) is 0 Å². The van der Waals surface area contributed by atoms with E-state index in [4.69, 9.17) is 9.52 Å². The molecule has 0 radical (unpaired) electrons. The number of carboxylic acids is 1. The summed E-state index contributed by atoms with van der Waals surface area (Å²) in [4.78, 5) is 18.2. The number of aromatic carboxylic acids is 1. The first-order valence-electron chi connectivity index (χ1n) is 5.46. The van der Waals surface area contributed by atoms with Gasteiger partial charge in [0, 0.05) is 11.4 Å². The maximum atomic E-state index is 10.7. The van der Waals surface area contributed by atoms with Gasteiger partial charge in [0.15, 0.2) is 0 Å². The minimum atomic E-state index is -1.04. The Hall–Kier alpha value is -1.66. The van der Waals surface area contributed by atoms with Gasteiger partial charge in [0.05, 0.1) is 17.7 Å². The zero-order chi connectivity index (χ0) is 13.1. The number of carboxylic acid groups (broad SMARTS) is 1. The molecule has 18 heavy (non-hydrogen) atoms. The summed E-state index contributed by atoms with van der Waals surface area (Å²) in [5.41, 5.74) is 2.87. The Kier molecular flexibility index (Phi) is 3.78. The summed E-state index contributed by atoms with van der Waals surface area (Å²) in [6.07, 6.45) is 0. The molecule has 0 aliphatic carbocycles. The third kappa shape index (κ3) is 2.96. The summed E-state index contributed by atoms with van der Waals surface area (Å²) >= 11 is 1.62. The Morgan fingerprint density at radius 1 is 1.50 bits per heavy atom. The predicted molar refractivity (Wildman–Crippen MR) is 67.7 cm³/mol. The van der Waals surface area contributed by atoms with Crippen LogP contribution in [0.4, 0.5) is 0 Å². The molecule has 0 saturated heterocycles. The average Bonchev–Trinajstić information content (AvgIpc) is 2.89. The Morgan fingerprint density at radius 3 is 2.83 bits per heavy atom. The zero-order valence-corrected chi connectivity index (χ0v) is 11.0. The lowest BCUT2D eigenvalue weighted by atomic mass is 10.3. The van der Waals surface area contributed by atoms with Crippen molar-refractivity contribution in [3.05, 3.63) is 39.7 Å². The number of carbonyl (C=O) groups is 1. The molecular formula is C12H14N2O3S. The Labute approximate surface area is 109 Å². The third-order valence-corrected chi connectivity index (χ3v) is 3.48. The molecule has 2 aromatic heterocycles. The zero-order valence-electron chi connectivity index (χ0n) is 10.2. The van der Waals surface area contributed by atoms with Crippen LogP contribution in [0.25, 0.3) is 0 Å². The van der Waals surface area contributed by atoms with Crippen LogP contribution in [0, 0.1) is 6.92 Å². The van der Waals surface area contributed by atoms with Crippen molar-refractivity contribution < 1.29 is 14.3 Å². The van der Waals surface area contributed by atoms with Gasteiger partial charge in [-0.15, -0.1) is 11.3 Å². The Morgan fingerprint density at radius 2 is 2.28 bits per heavy atom. The van der Waals surface area contributed by atoms with Crippen molar-refractivity contribution in [3.63, 3.8) is 0 Å². The van der Waals surface area contributed by atoms with Crippen LogP contribution < -0.4 is 0 Å². The van der Waals surface area contributed by atoms with Gasteiger partial charge in [-0.2, -0.15) is 0 Å². The molecule has 2 heterocycles. The third-order valence-electron chi connectivity index (χ3n) is 2.56. The summed E-state index contributed by atoms with van der Waals surface area (Å²) in [6.45, 7) is 3.33. The fourth-order valence-electron chi connectivity index (χ4n) is 1.62. The molecule has 2 rings (SSSR count). The van der Waals surface area contributed by atoms with Crippen LogP contribution in [0.15, 0.2) is 22.1 Å². The standard InChI is InChI=1S/C12H14N2O3S/c1-8-11(18-7-13-8)6-14(2)5-9-3-4-10(17-9)12(15)16/h3-4,7H,5-6H2,1-2H3,(H,15,16). The van der Waals surface area contributed by atoms with Gasteiger partial charge < -0.3 is 9.52 Å². The fourth-order valence-corrected chi connectivity index (χ4v) is 2.48. The average molecular weight is 266 g/mol. The highest BCUT2D eigenvalue weighted by Gasteiger charge is 2.11. The van der Waals surface area contributed by atoms with E-state index in [0.29, 0.717) is 12.3 Å². The second-order valence-electron chi connectivity index (χ2n) is 4.10. The summed E-state index contributed by atoms with van der Waals surface area (Å²) in [6, 6.07) is 3.17. The molecule has 0 unspecified atom stereocenters. The van der Waals surface area contributed by atoms with Crippen LogP contribution in [0.2, 0.25) is 0 Å². The second kappa shape index (κ2) is 5.32. The van der Waals surface area contributed by atoms with Gasteiger partial charge >= 0.3 is 5.97 Å². The van der Waals surface area contributed by atoms with Gasteiger partial charge in [0.25, 0.3) is 0 Å². The molecule has 0 atom stereocenters. The van der Waals surface area contributed by atoms with Crippen LogP contribution in [0.1, 0.15) is 26.9 Å². The van der Waals surface area contributed by atoms with E-state index in [0.717, 1.165) is 12.2 Å². The monoisotopic (exact) mass is 266 g/mol. The number of rotatable bonds is 5. The van der Waals surface area contributed by atoms with Gasteiger partial charge in [0.1, 0.15) is 5.76 Å². The normalized spacial score (nSPS) is 11.1. The molecule has 0 fully saturated rings. The molecule has 6 heteroatoms. The summed E-state index contributed by atoms with van der Waals surface area (Å²) < 4.78 is 5.21. The SMILES string of the molecule is Cc1ncsc1CN(C)Cc1ccc(C(=O)O)o1. The number of aromatic nitrogens is 1. The van der Waals surface area contributed by atoms with Crippen molar-refractivity contribution in [3.8, 4) is 0 Å². The summed E-state index contributed by atoms with van der Waals surface area (Å²) in [7, 11) is 1.96. The van der Waals surface area contributed by atoms with Crippen LogP contribution >= 0.6 is 11.3 Å². The molecule has 0 aliphatic rings. The van der Waals surface area contributed by atoms with E-state index in [2.05, 4.69) is 9.88 Å². The van der Waals surface area contributed by atoms with Gasteiger partial charge in [-0.05, 0) is 26.1 Å². The molecule has 2 aromatic rings. The fraction of sp³-hybridized carbons (Fsp3) is 0.333. The van der Waals surface area contributed by atoms with Crippen molar-refractivity contribution in [2.75, 3.05) is 7.05 Å². The largest absolute Gasteiger partial charge is 0.475 e. The Balaban J connectivity index is 1.96. The lowest BCUT2D eigenvalue weighted by molar-refractivity contribution is 0.0658. The quantitative estimate of drug-likeness (QED) is 0.900. The van der Waals surface area contributed by atoms with Gasteiger partial charge in [-0.25, -0.2) is 9.78 Å². The van der Waals surface area contributed by atoms with E-state index in [-0.39, 0.29) is 5.76 Å². The van der Waals surface area contributed by atoms with E-state index in [9.17, 15) is 4.79 Å². The topological polar surface area (TPSA) is 66.6 Å². The van der Waals surface area contributed by atoms with Crippen molar-refractivity contribution in [1.29, 1.82) is 0 Å². The number of aryl methyl sites for hydroxylation is 1. The summed E-state index contributed by atoms with van der Waals surface area (Å²) in [5, 5.41) is 8.76. The molecule has 1 N–H and O–H groups in total. The molecule has 5 nitrogen and oxygen atoms in total. The molecule has 0 aliphatic heterocycles. The number of thiazole rings is 1. The molecule has 0 amide bonds. The number of nitrogens with zero attached hydrogens (tertiary/aromatic N) is 2. The van der Waals surface area contributed by atoms with Crippen LogP contribution in [-0.4, -0.2) is 28.0 Å². The highest BCUT2D eigenvalue weighted by atomic mass is 32.1. The van der Waals surface area contributed by atoms with Crippen LogP contribution in [-0.2, 0) is 13.1 Å². The van der Waals surface area contributed by atoms with E-state index < -0.39 is 5.97 Å². The van der Waals surface area contributed by atoms with E-state index >= 15 is 0 Å². The number of furan rings is 1. The first-order valence-corrected chi connectivity index (χ1v) is 6.33. The number of hydrogen-bond donors (Lipinski definition) is 1. The molecule has 0 bridgehead atoms. The minimum absolute atomic E-state index is 0.0210. The van der Waals surface area contributed by atoms with E-state index in [1.165, 1.54) is 10.9 Å². The Bertz CT molecular complexity index is 547. The maximum Gasteiger partial charge on any atom is 0.371 e. The van der Waals surface area contributed by atoms with Gasteiger partial charge in [0.2, 0.25) is 5.76 Å².